The van der Waals surface area contributed by atoms with Crippen molar-refractivity contribution in [2.24, 2.45) is 5.73 Å². The highest BCUT2D eigenvalue weighted by atomic mass is 32.1. The van der Waals surface area contributed by atoms with Gasteiger partial charge in [-0.3, -0.25) is 14.5 Å². The van der Waals surface area contributed by atoms with Crippen molar-refractivity contribution in [3.8, 4) is 0 Å². The van der Waals surface area contributed by atoms with Crippen LogP contribution < -0.4 is 5.73 Å². The molecule has 1 aromatic rings. The summed E-state index contributed by atoms with van der Waals surface area (Å²) in [7, 11) is 0. The number of nitrogens with zero attached hydrogens (tertiary/aromatic N) is 2. The van der Waals surface area contributed by atoms with Gasteiger partial charge < -0.3 is 10.6 Å². The summed E-state index contributed by atoms with van der Waals surface area (Å²) in [5.41, 5.74) is 6.34. The monoisotopic (exact) mass is 281 g/mol. The Labute approximate surface area is 117 Å². The average molecular weight is 281 g/mol. The largest absolute Gasteiger partial charge is 0.369 e. The van der Waals surface area contributed by atoms with Crippen LogP contribution in [0.4, 0.5) is 0 Å². The zero-order valence-corrected chi connectivity index (χ0v) is 12.1. The van der Waals surface area contributed by atoms with Crippen LogP contribution in [0.25, 0.3) is 0 Å². The van der Waals surface area contributed by atoms with Crippen molar-refractivity contribution in [3.05, 3.63) is 21.4 Å². The third-order valence-electron chi connectivity index (χ3n) is 3.42. The van der Waals surface area contributed by atoms with Crippen LogP contribution in [-0.4, -0.2) is 54.3 Å². The van der Waals surface area contributed by atoms with Crippen LogP contribution in [-0.2, 0) is 4.79 Å². The minimum atomic E-state index is -0.315. The van der Waals surface area contributed by atoms with Crippen molar-refractivity contribution in [2.75, 3.05) is 32.7 Å². The molecule has 2 heterocycles. The van der Waals surface area contributed by atoms with Crippen molar-refractivity contribution < 1.29 is 9.59 Å². The maximum Gasteiger partial charge on any atom is 0.264 e. The first kappa shape index (κ1) is 14.0. The molecular formula is C13H19N3O2S. The molecule has 2 amide bonds. The van der Waals surface area contributed by atoms with Crippen molar-refractivity contribution in [1.29, 1.82) is 0 Å². The molecule has 1 aliphatic heterocycles. The first-order valence-electron chi connectivity index (χ1n) is 6.34. The lowest BCUT2D eigenvalue weighted by Crippen LogP contribution is -2.50. The summed E-state index contributed by atoms with van der Waals surface area (Å²) in [4.78, 5) is 29.0. The predicted molar refractivity (Wildman–Crippen MR) is 75.3 cm³/mol. The zero-order chi connectivity index (χ0) is 14.0. The van der Waals surface area contributed by atoms with E-state index >= 15 is 0 Å². The van der Waals surface area contributed by atoms with E-state index in [1.807, 2.05) is 29.7 Å². The van der Waals surface area contributed by atoms with Crippen LogP contribution >= 0.6 is 11.3 Å². The Morgan fingerprint density at radius 3 is 2.37 bits per heavy atom. The van der Waals surface area contributed by atoms with Gasteiger partial charge in [-0.2, -0.15) is 0 Å². The maximum atomic E-state index is 12.3. The molecule has 1 saturated heterocycles. The third kappa shape index (κ3) is 3.33. The number of carbonyl (C=O) groups excluding carboxylic acids is 2. The van der Waals surface area contributed by atoms with E-state index in [4.69, 9.17) is 5.73 Å². The van der Waals surface area contributed by atoms with Gasteiger partial charge in [-0.1, -0.05) is 0 Å². The number of nitrogens with two attached hydrogens (primary N) is 1. The van der Waals surface area contributed by atoms with Gasteiger partial charge in [-0.25, -0.2) is 0 Å². The van der Waals surface area contributed by atoms with E-state index in [1.54, 1.807) is 11.3 Å². The van der Waals surface area contributed by atoms with Crippen LogP contribution in [0, 0.1) is 13.8 Å². The smallest absolute Gasteiger partial charge is 0.264 e. The Morgan fingerprint density at radius 1 is 1.26 bits per heavy atom. The molecule has 0 aromatic carbocycles. The van der Waals surface area contributed by atoms with Crippen molar-refractivity contribution in [2.45, 2.75) is 13.8 Å². The van der Waals surface area contributed by atoms with Gasteiger partial charge in [0.25, 0.3) is 5.91 Å². The Kier molecular flexibility index (Phi) is 4.21. The molecule has 5 nitrogen and oxygen atoms in total. The summed E-state index contributed by atoms with van der Waals surface area (Å²) < 4.78 is 0. The summed E-state index contributed by atoms with van der Waals surface area (Å²) in [5, 5.41) is 0. The van der Waals surface area contributed by atoms with Gasteiger partial charge in [-0.15, -0.1) is 11.3 Å². The number of hydrogen-bond acceptors (Lipinski definition) is 4. The summed E-state index contributed by atoms with van der Waals surface area (Å²) >= 11 is 1.55. The number of thiophene rings is 1. The minimum Gasteiger partial charge on any atom is -0.369 e. The highest BCUT2D eigenvalue weighted by Gasteiger charge is 2.23. The lowest BCUT2D eigenvalue weighted by atomic mass is 10.2. The molecule has 1 aliphatic rings. The molecule has 0 radical (unpaired) electrons. The minimum absolute atomic E-state index is 0.0972. The number of amides is 2. The molecule has 2 N–H and O–H groups in total. The highest BCUT2D eigenvalue weighted by molar-refractivity contribution is 7.14. The summed E-state index contributed by atoms with van der Waals surface area (Å²) in [6.45, 7) is 7.05. The van der Waals surface area contributed by atoms with Gasteiger partial charge in [0.15, 0.2) is 0 Å². The Balaban J connectivity index is 1.94. The van der Waals surface area contributed by atoms with E-state index in [0.29, 0.717) is 26.2 Å². The fourth-order valence-electron chi connectivity index (χ4n) is 2.16. The standard InChI is InChI=1S/C13H19N3O2S/c1-9-7-11(19-10(9)2)13(18)16-5-3-15(4-6-16)8-12(14)17/h7H,3-6,8H2,1-2H3,(H2,14,17). The van der Waals surface area contributed by atoms with E-state index in [0.717, 1.165) is 4.88 Å². The Bertz CT molecular complexity index is 471. The second kappa shape index (κ2) is 5.71. The second-order valence-electron chi connectivity index (χ2n) is 4.88. The van der Waals surface area contributed by atoms with Crippen LogP contribution in [0.1, 0.15) is 20.1 Å². The molecule has 0 unspecified atom stereocenters. The maximum absolute atomic E-state index is 12.3. The van der Waals surface area contributed by atoms with Crippen molar-refractivity contribution in [1.82, 2.24) is 9.80 Å². The lowest BCUT2D eigenvalue weighted by molar-refractivity contribution is -0.119. The first-order chi connectivity index (χ1) is 8.97. The Morgan fingerprint density at radius 2 is 1.89 bits per heavy atom. The molecular weight excluding hydrogens is 262 g/mol. The van der Waals surface area contributed by atoms with Gasteiger partial charge in [0.05, 0.1) is 11.4 Å². The van der Waals surface area contributed by atoms with E-state index in [-0.39, 0.29) is 18.4 Å². The van der Waals surface area contributed by atoms with Crippen LogP contribution in [0.5, 0.6) is 0 Å². The normalized spacial score (nSPS) is 16.6. The summed E-state index contributed by atoms with van der Waals surface area (Å²) in [6, 6.07) is 1.96. The van der Waals surface area contributed by atoms with Gasteiger partial charge >= 0.3 is 0 Å². The Hall–Kier alpha value is -1.40. The van der Waals surface area contributed by atoms with Crippen LogP contribution in [0.2, 0.25) is 0 Å². The fourth-order valence-corrected chi connectivity index (χ4v) is 3.17. The summed E-state index contributed by atoms with van der Waals surface area (Å²) in [5.74, 6) is -0.218. The predicted octanol–water partition coefficient (Wildman–Crippen LogP) is 0.608. The molecule has 6 heteroatoms. The molecule has 19 heavy (non-hydrogen) atoms. The number of hydrogen-bond donors (Lipinski definition) is 1. The molecule has 1 aromatic heterocycles. The lowest BCUT2D eigenvalue weighted by Gasteiger charge is -2.33. The number of piperazine rings is 1. The zero-order valence-electron chi connectivity index (χ0n) is 11.3. The van der Waals surface area contributed by atoms with E-state index < -0.39 is 0 Å². The molecule has 1 fully saturated rings. The summed E-state index contributed by atoms with van der Waals surface area (Å²) in [6.07, 6.45) is 0. The number of aryl methyl sites for hydroxylation is 2. The SMILES string of the molecule is Cc1cc(C(=O)N2CCN(CC(N)=O)CC2)sc1C. The van der Waals surface area contributed by atoms with E-state index in [9.17, 15) is 9.59 Å². The number of rotatable bonds is 3. The number of carbonyl (C=O) groups is 2. The molecule has 0 aliphatic carbocycles. The quantitative estimate of drug-likeness (QED) is 0.882. The third-order valence-corrected chi connectivity index (χ3v) is 4.56. The van der Waals surface area contributed by atoms with Crippen molar-refractivity contribution >= 4 is 23.2 Å². The topological polar surface area (TPSA) is 66.6 Å². The van der Waals surface area contributed by atoms with E-state index in [2.05, 4.69) is 0 Å². The number of primary amides is 1. The fraction of sp³-hybridized carbons (Fsp3) is 0.538. The molecule has 0 saturated carbocycles. The van der Waals surface area contributed by atoms with Crippen molar-refractivity contribution in [3.63, 3.8) is 0 Å². The van der Waals surface area contributed by atoms with Gasteiger partial charge in [-0.05, 0) is 25.5 Å². The molecule has 104 valence electrons. The second-order valence-corrected chi connectivity index (χ2v) is 6.14. The molecule has 0 spiro atoms. The average Bonchev–Trinajstić information content (AvgIpc) is 2.69. The first-order valence-corrected chi connectivity index (χ1v) is 7.16. The van der Waals surface area contributed by atoms with Gasteiger partial charge in [0.2, 0.25) is 5.91 Å². The van der Waals surface area contributed by atoms with Gasteiger partial charge in [0.1, 0.15) is 0 Å². The molecule has 0 bridgehead atoms. The molecule has 0 atom stereocenters. The van der Waals surface area contributed by atoms with Crippen LogP contribution in [0.15, 0.2) is 6.07 Å². The molecule has 2 rings (SSSR count). The highest BCUT2D eigenvalue weighted by Crippen LogP contribution is 2.22. The van der Waals surface area contributed by atoms with E-state index in [1.165, 1.54) is 10.4 Å². The van der Waals surface area contributed by atoms with Gasteiger partial charge in [0, 0.05) is 31.1 Å². The van der Waals surface area contributed by atoms with Crippen LogP contribution in [0.3, 0.4) is 0 Å².